The molecule has 1 fully saturated rings. The standard InChI is InChI=1S/C20H22N4O2/c1-24(17-9-7-16(8-10-17)20(25)26-2)19-12-11-18(22-23-19)15-5-3-14(13-21)4-6-15/h3-6,11-12,16-17H,7-10H2,1-2H3/t16-,17-. The number of nitrogens with zero attached hydrogens (tertiary/aromatic N) is 4. The van der Waals surface area contributed by atoms with Gasteiger partial charge in [-0.3, -0.25) is 4.79 Å². The van der Waals surface area contributed by atoms with Gasteiger partial charge in [-0.25, -0.2) is 0 Å². The van der Waals surface area contributed by atoms with Gasteiger partial charge >= 0.3 is 5.97 Å². The summed E-state index contributed by atoms with van der Waals surface area (Å²) in [5.41, 5.74) is 2.34. The van der Waals surface area contributed by atoms with Crippen molar-refractivity contribution in [2.45, 2.75) is 31.7 Å². The summed E-state index contributed by atoms with van der Waals surface area (Å²) >= 11 is 0. The highest BCUT2D eigenvalue weighted by atomic mass is 16.5. The number of esters is 1. The summed E-state index contributed by atoms with van der Waals surface area (Å²) in [4.78, 5) is 13.8. The van der Waals surface area contributed by atoms with Crippen molar-refractivity contribution in [2.24, 2.45) is 5.92 Å². The van der Waals surface area contributed by atoms with Crippen molar-refractivity contribution < 1.29 is 9.53 Å². The fraction of sp³-hybridized carbons (Fsp3) is 0.400. The highest BCUT2D eigenvalue weighted by Gasteiger charge is 2.29. The molecule has 1 aromatic heterocycles. The third kappa shape index (κ3) is 3.83. The lowest BCUT2D eigenvalue weighted by molar-refractivity contribution is -0.146. The third-order valence-corrected chi connectivity index (χ3v) is 5.10. The fourth-order valence-electron chi connectivity index (χ4n) is 3.44. The predicted octanol–water partition coefficient (Wildman–Crippen LogP) is 3.18. The number of carbonyl (C=O) groups excluding carboxylic acids is 1. The SMILES string of the molecule is COC(=O)[C@H]1CC[C@H](N(C)c2ccc(-c3ccc(C#N)cc3)nn2)CC1. The number of hydrogen-bond acceptors (Lipinski definition) is 6. The van der Waals surface area contributed by atoms with Gasteiger partial charge in [0.2, 0.25) is 0 Å². The van der Waals surface area contributed by atoms with Crippen LogP contribution in [0.1, 0.15) is 31.2 Å². The maximum Gasteiger partial charge on any atom is 0.308 e. The van der Waals surface area contributed by atoms with Gasteiger partial charge in [0.15, 0.2) is 5.82 Å². The fourth-order valence-corrected chi connectivity index (χ4v) is 3.44. The molecule has 1 heterocycles. The van der Waals surface area contributed by atoms with E-state index in [2.05, 4.69) is 21.2 Å². The maximum atomic E-state index is 11.6. The van der Waals surface area contributed by atoms with Crippen LogP contribution in [0.5, 0.6) is 0 Å². The quantitative estimate of drug-likeness (QED) is 0.788. The highest BCUT2D eigenvalue weighted by molar-refractivity contribution is 5.72. The Labute approximate surface area is 153 Å². The van der Waals surface area contributed by atoms with Crippen LogP contribution in [-0.2, 0) is 9.53 Å². The van der Waals surface area contributed by atoms with Crippen molar-refractivity contribution in [3.63, 3.8) is 0 Å². The molecule has 0 spiro atoms. The molecule has 134 valence electrons. The molecule has 1 aromatic carbocycles. The Balaban J connectivity index is 1.65. The first kappa shape index (κ1) is 17.9. The van der Waals surface area contributed by atoms with Crippen LogP contribution in [0.4, 0.5) is 5.82 Å². The highest BCUT2D eigenvalue weighted by Crippen LogP contribution is 2.30. The van der Waals surface area contributed by atoms with Gasteiger partial charge in [0, 0.05) is 18.7 Å². The van der Waals surface area contributed by atoms with E-state index in [4.69, 9.17) is 10.00 Å². The molecule has 0 N–H and O–H groups in total. The van der Waals surface area contributed by atoms with E-state index < -0.39 is 0 Å². The van der Waals surface area contributed by atoms with Crippen molar-refractivity contribution in [1.82, 2.24) is 10.2 Å². The van der Waals surface area contributed by atoms with Crippen molar-refractivity contribution in [3.05, 3.63) is 42.0 Å². The minimum absolute atomic E-state index is 0.0227. The van der Waals surface area contributed by atoms with Crippen LogP contribution < -0.4 is 4.90 Å². The molecule has 1 aliphatic rings. The number of nitriles is 1. The summed E-state index contributed by atoms with van der Waals surface area (Å²) in [6, 6.07) is 13.7. The minimum Gasteiger partial charge on any atom is -0.469 e. The van der Waals surface area contributed by atoms with E-state index >= 15 is 0 Å². The Morgan fingerprint density at radius 1 is 1.12 bits per heavy atom. The van der Waals surface area contributed by atoms with Gasteiger partial charge in [-0.05, 0) is 49.9 Å². The van der Waals surface area contributed by atoms with E-state index in [0.29, 0.717) is 11.6 Å². The molecule has 1 aliphatic carbocycles. The Hall–Kier alpha value is -2.94. The number of benzene rings is 1. The van der Waals surface area contributed by atoms with Gasteiger partial charge in [0.1, 0.15) is 0 Å². The first-order chi connectivity index (χ1) is 12.6. The number of anilines is 1. The lowest BCUT2D eigenvalue weighted by atomic mass is 9.85. The smallest absolute Gasteiger partial charge is 0.308 e. The number of ether oxygens (including phenoxy) is 1. The summed E-state index contributed by atoms with van der Waals surface area (Å²) in [5.74, 6) is 0.746. The first-order valence-electron chi connectivity index (χ1n) is 8.77. The molecule has 0 aliphatic heterocycles. The van der Waals surface area contributed by atoms with Crippen LogP contribution in [0.2, 0.25) is 0 Å². The zero-order valence-electron chi connectivity index (χ0n) is 15.1. The van der Waals surface area contributed by atoms with Crippen molar-refractivity contribution in [1.29, 1.82) is 5.26 Å². The van der Waals surface area contributed by atoms with Crippen molar-refractivity contribution in [2.75, 3.05) is 19.1 Å². The minimum atomic E-state index is -0.0994. The Morgan fingerprint density at radius 3 is 2.35 bits per heavy atom. The predicted molar refractivity (Wildman–Crippen MR) is 98.3 cm³/mol. The first-order valence-corrected chi connectivity index (χ1v) is 8.77. The third-order valence-electron chi connectivity index (χ3n) is 5.10. The largest absolute Gasteiger partial charge is 0.469 e. The van der Waals surface area contributed by atoms with E-state index in [1.165, 1.54) is 7.11 Å². The molecule has 0 atom stereocenters. The molecule has 6 nitrogen and oxygen atoms in total. The molecule has 1 saturated carbocycles. The molecule has 0 bridgehead atoms. The molecule has 6 heteroatoms. The van der Waals surface area contributed by atoms with E-state index in [1.807, 2.05) is 31.3 Å². The Bertz CT molecular complexity index is 788. The maximum absolute atomic E-state index is 11.6. The summed E-state index contributed by atoms with van der Waals surface area (Å²) in [6.07, 6.45) is 3.57. The zero-order chi connectivity index (χ0) is 18.5. The summed E-state index contributed by atoms with van der Waals surface area (Å²) in [5, 5.41) is 17.6. The monoisotopic (exact) mass is 350 g/mol. The molecule has 0 amide bonds. The number of carbonyl (C=O) groups is 1. The number of hydrogen-bond donors (Lipinski definition) is 0. The molecule has 3 rings (SSSR count). The van der Waals surface area contributed by atoms with Crippen LogP contribution in [0, 0.1) is 17.2 Å². The average molecular weight is 350 g/mol. The lowest BCUT2D eigenvalue weighted by Crippen LogP contribution is -2.37. The molecular weight excluding hydrogens is 328 g/mol. The second-order valence-electron chi connectivity index (χ2n) is 6.61. The number of methoxy groups -OCH3 is 1. The summed E-state index contributed by atoms with van der Waals surface area (Å²) in [6.45, 7) is 0. The molecule has 2 aromatic rings. The van der Waals surface area contributed by atoms with Gasteiger partial charge in [-0.15, -0.1) is 10.2 Å². The van der Waals surface area contributed by atoms with Crippen molar-refractivity contribution >= 4 is 11.8 Å². The Morgan fingerprint density at radius 2 is 1.81 bits per heavy atom. The zero-order valence-corrected chi connectivity index (χ0v) is 15.1. The van der Waals surface area contributed by atoms with E-state index in [1.54, 1.807) is 12.1 Å². The van der Waals surface area contributed by atoms with Crippen LogP contribution in [0.15, 0.2) is 36.4 Å². The second-order valence-corrected chi connectivity index (χ2v) is 6.61. The van der Waals surface area contributed by atoms with Crippen LogP contribution in [0.25, 0.3) is 11.3 Å². The van der Waals surface area contributed by atoms with Crippen LogP contribution in [-0.4, -0.2) is 36.4 Å². The number of rotatable bonds is 4. The average Bonchev–Trinajstić information content (AvgIpc) is 2.73. The Kier molecular flexibility index (Phi) is 5.47. The summed E-state index contributed by atoms with van der Waals surface area (Å²) in [7, 11) is 3.47. The van der Waals surface area contributed by atoms with Gasteiger partial charge in [0.25, 0.3) is 0 Å². The van der Waals surface area contributed by atoms with Gasteiger partial charge < -0.3 is 9.64 Å². The van der Waals surface area contributed by atoms with Crippen LogP contribution >= 0.6 is 0 Å². The lowest BCUT2D eigenvalue weighted by Gasteiger charge is -2.34. The molecule has 26 heavy (non-hydrogen) atoms. The van der Waals surface area contributed by atoms with E-state index in [9.17, 15) is 4.79 Å². The molecule has 0 unspecified atom stereocenters. The number of aromatic nitrogens is 2. The molecule has 0 radical (unpaired) electrons. The molecular formula is C20H22N4O2. The van der Waals surface area contributed by atoms with Gasteiger partial charge in [0.05, 0.1) is 30.4 Å². The topological polar surface area (TPSA) is 79.1 Å². The van der Waals surface area contributed by atoms with Gasteiger partial charge in [-0.1, -0.05) is 12.1 Å². The van der Waals surface area contributed by atoms with Crippen molar-refractivity contribution in [3.8, 4) is 17.3 Å². The van der Waals surface area contributed by atoms with Crippen LogP contribution in [0.3, 0.4) is 0 Å². The second kappa shape index (κ2) is 7.96. The van der Waals surface area contributed by atoms with E-state index in [0.717, 1.165) is 42.8 Å². The van der Waals surface area contributed by atoms with Gasteiger partial charge in [-0.2, -0.15) is 5.26 Å². The van der Waals surface area contributed by atoms with E-state index in [-0.39, 0.29) is 11.9 Å². The molecule has 0 saturated heterocycles. The summed E-state index contributed by atoms with van der Waals surface area (Å²) < 4.78 is 4.85. The normalized spacial score (nSPS) is 19.4.